The van der Waals surface area contributed by atoms with Crippen LogP contribution in [0.5, 0.6) is 0 Å². The third-order valence-electron chi connectivity index (χ3n) is 4.34. The van der Waals surface area contributed by atoms with Crippen molar-refractivity contribution in [2.45, 2.75) is 31.7 Å². The second-order valence-electron chi connectivity index (χ2n) is 6.06. The lowest BCUT2D eigenvalue weighted by atomic mass is 10.0. The maximum Gasteiger partial charge on any atom is 0.280 e. The number of hydrogen-bond donors (Lipinski definition) is 1. The van der Waals surface area contributed by atoms with Crippen LogP contribution in [0.3, 0.4) is 0 Å². The number of rotatable bonds is 5. The monoisotopic (exact) mass is 345 g/mol. The van der Waals surface area contributed by atoms with Crippen molar-refractivity contribution in [3.8, 4) is 0 Å². The minimum absolute atomic E-state index is 0.414. The first kappa shape index (κ1) is 17.1. The molecule has 1 aliphatic heterocycles. The van der Waals surface area contributed by atoms with Gasteiger partial charge in [0.25, 0.3) is 10.2 Å². The molecule has 0 aliphatic carbocycles. The Morgan fingerprint density at radius 1 is 0.875 bits per heavy atom. The smallest absolute Gasteiger partial charge is 0.265 e. The van der Waals surface area contributed by atoms with Gasteiger partial charge in [-0.1, -0.05) is 43.2 Å². The van der Waals surface area contributed by atoms with Gasteiger partial charge in [-0.25, -0.2) is 0 Å². The Balaban J connectivity index is 1.89. The Bertz CT molecular complexity index is 688. The molecule has 1 saturated heterocycles. The fourth-order valence-corrected chi connectivity index (χ4v) is 4.49. The highest BCUT2D eigenvalue weighted by atomic mass is 32.2. The molecule has 1 atom stereocenters. The van der Waals surface area contributed by atoms with E-state index < -0.39 is 16.3 Å². The second kappa shape index (κ2) is 7.88. The maximum atomic E-state index is 12.9. The van der Waals surface area contributed by atoms with E-state index in [1.807, 2.05) is 42.5 Å². The van der Waals surface area contributed by atoms with Gasteiger partial charge in [0.15, 0.2) is 0 Å². The van der Waals surface area contributed by atoms with E-state index >= 15 is 0 Å². The molecule has 2 aromatic rings. The number of nitrogens with zero attached hydrogens (tertiary/aromatic N) is 2. The van der Waals surface area contributed by atoms with Gasteiger partial charge in [-0.05, 0) is 36.1 Å². The van der Waals surface area contributed by atoms with E-state index in [0.717, 1.165) is 36.8 Å². The van der Waals surface area contributed by atoms with Crippen LogP contribution in [0.4, 0.5) is 0 Å². The zero-order valence-electron chi connectivity index (χ0n) is 13.6. The van der Waals surface area contributed by atoms with Crippen molar-refractivity contribution in [3.05, 3.63) is 66.0 Å². The van der Waals surface area contributed by atoms with Crippen molar-refractivity contribution in [1.29, 1.82) is 0 Å². The van der Waals surface area contributed by atoms with Gasteiger partial charge in [-0.3, -0.25) is 4.98 Å². The average Bonchev–Trinajstić information content (AvgIpc) is 2.91. The average molecular weight is 345 g/mol. The zero-order valence-corrected chi connectivity index (χ0v) is 14.5. The van der Waals surface area contributed by atoms with Crippen LogP contribution >= 0.6 is 0 Å². The molecule has 6 heteroatoms. The Kier molecular flexibility index (Phi) is 5.60. The largest absolute Gasteiger partial charge is 0.280 e. The molecular formula is C18H23N3O2S. The lowest BCUT2D eigenvalue weighted by Gasteiger charge is -2.25. The topological polar surface area (TPSA) is 62.3 Å². The van der Waals surface area contributed by atoms with Crippen molar-refractivity contribution < 1.29 is 8.42 Å². The van der Waals surface area contributed by atoms with E-state index in [9.17, 15) is 8.42 Å². The molecule has 2 heterocycles. The molecule has 5 nitrogen and oxygen atoms in total. The van der Waals surface area contributed by atoms with Crippen molar-refractivity contribution >= 4 is 10.2 Å². The highest BCUT2D eigenvalue weighted by molar-refractivity contribution is 7.87. The van der Waals surface area contributed by atoms with Crippen molar-refractivity contribution in [2.24, 2.45) is 0 Å². The molecule has 0 spiro atoms. The van der Waals surface area contributed by atoms with Crippen LogP contribution in [0.2, 0.25) is 0 Å². The lowest BCUT2D eigenvalue weighted by Crippen LogP contribution is -2.43. The number of benzene rings is 1. The Morgan fingerprint density at radius 3 is 2.08 bits per heavy atom. The van der Waals surface area contributed by atoms with Crippen LogP contribution in [0.1, 0.15) is 42.9 Å². The lowest BCUT2D eigenvalue weighted by molar-refractivity contribution is 0.411. The van der Waals surface area contributed by atoms with Crippen molar-refractivity contribution in [1.82, 2.24) is 14.0 Å². The van der Waals surface area contributed by atoms with Crippen LogP contribution in [-0.2, 0) is 10.2 Å². The summed E-state index contributed by atoms with van der Waals surface area (Å²) < 4.78 is 30.3. The van der Waals surface area contributed by atoms with Crippen LogP contribution in [0, 0.1) is 0 Å². The van der Waals surface area contributed by atoms with Crippen molar-refractivity contribution in [3.63, 3.8) is 0 Å². The van der Waals surface area contributed by atoms with Gasteiger partial charge in [0.05, 0.1) is 6.04 Å². The van der Waals surface area contributed by atoms with Gasteiger partial charge in [-0.15, -0.1) is 0 Å². The quantitative estimate of drug-likeness (QED) is 0.906. The number of pyridine rings is 1. The minimum Gasteiger partial charge on any atom is -0.265 e. The molecule has 0 radical (unpaired) electrons. The molecule has 1 aromatic carbocycles. The molecule has 1 aliphatic rings. The predicted molar refractivity (Wildman–Crippen MR) is 94.6 cm³/mol. The van der Waals surface area contributed by atoms with Gasteiger partial charge in [-0.2, -0.15) is 17.4 Å². The van der Waals surface area contributed by atoms with Crippen LogP contribution in [0.25, 0.3) is 0 Å². The van der Waals surface area contributed by atoms with Gasteiger partial charge >= 0.3 is 0 Å². The molecule has 3 rings (SSSR count). The van der Waals surface area contributed by atoms with Gasteiger partial charge in [0, 0.05) is 25.5 Å². The molecule has 1 fully saturated rings. The summed E-state index contributed by atoms with van der Waals surface area (Å²) in [7, 11) is -3.54. The molecular weight excluding hydrogens is 322 g/mol. The Morgan fingerprint density at radius 2 is 1.46 bits per heavy atom. The summed E-state index contributed by atoms with van der Waals surface area (Å²) in [4.78, 5) is 4.03. The first-order chi connectivity index (χ1) is 11.7. The fraction of sp³-hybridized carbons (Fsp3) is 0.389. The van der Waals surface area contributed by atoms with E-state index in [0.29, 0.717) is 13.1 Å². The number of aromatic nitrogens is 1. The first-order valence-corrected chi connectivity index (χ1v) is 9.83. The summed E-state index contributed by atoms with van der Waals surface area (Å²) in [5.41, 5.74) is 1.80. The normalized spacial score (nSPS) is 18.0. The van der Waals surface area contributed by atoms with Crippen LogP contribution in [-0.4, -0.2) is 30.8 Å². The summed E-state index contributed by atoms with van der Waals surface area (Å²) in [5, 5.41) is 0. The second-order valence-corrected chi connectivity index (χ2v) is 7.76. The maximum absolute atomic E-state index is 12.9. The molecule has 1 aromatic heterocycles. The Hall–Kier alpha value is -1.76. The standard InChI is InChI=1S/C18H23N3O2S/c22-24(23,21-14-6-1-2-7-15-21)20-18(16-8-4-3-5-9-16)17-10-12-19-13-11-17/h3-5,8-13,18,20H,1-2,6-7,14-15H2. The third kappa shape index (κ3) is 4.20. The molecule has 0 amide bonds. The van der Waals surface area contributed by atoms with E-state index in [4.69, 9.17) is 0 Å². The van der Waals surface area contributed by atoms with Crippen LogP contribution in [0.15, 0.2) is 54.9 Å². The van der Waals surface area contributed by atoms with Crippen molar-refractivity contribution in [2.75, 3.05) is 13.1 Å². The number of hydrogen-bond acceptors (Lipinski definition) is 3. The molecule has 0 bridgehead atoms. The summed E-state index contributed by atoms with van der Waals surface area (Å²) >= 11 is 0. The molecule has 128 valence electrons. The summed E-state index contributed by atoms with van der Waals surface area (Å²) in [6.45, 7) is 1.18. The van der Waals surface area contributed by atoms with Gasteiger partial charge in [0.2, 0.25) is 0 Å². The van der Waals surface area contributed by atoms with E-state index in [1.165, 1.54) is 0 Å². The van der Waals surface area contributed by atoms with Gasteiger partial charge < -0.3 is 0 Å². The van der Waals surface area contributed by atoms with E-state index in [1.54, 1.807) is 16.7 Å². The SMILES string of the molecule is O=S(=O)(NC(c1ccccc1)c1ccncc1)N1CCCCCC1. The first-order valence-electron chi connectivity index (χ1n) is 8.39. The molecule has 0 saturated carbocycles. The summed E-state index contributed by atoms with van der Waals surface area (Å²) in [6.07, 6.45) is 7.41. The van der Waals surface area contributed by atoms with Crippen LogP contribution < -0.4 is 4.72 Å². The van der Waals surface area contributed by atoms with E-state index in [-0.39, 0.29) is 0 Å². The summed E-state index contributed by atoms with van der Waals surface area (Å²) in [5.74, 6) is 0. The summed E-state index contributed by atoms with van der Waals surface area (Å²) in [6, 6.07) is 12.9. The fourth-order valence-electron chi connectivity index (χ4n) is 3.04. The zero-order chi connectivity index (χ0) is 16.8. The molecule has 1 unspecified atom stereocenters. The Labute approximate surface area is 143 Å². The third-order valence-corrected chi connectivity index (χ3v) is 5.92. The highest BCUT2D eigenvalue weighted by Gasteiger charge is 2.27. The number of nitrogens with one attached hydrogen (secondary N) is 1. The molecule has 1 N–H and O–H groups in total. The minimum atomic E-state index is -3.54. The predicted octanol–water partition coefficient (Wildman–Crippen LogP) is 2.88. The highest BCUT2D eigenvalue weighted by Crippen LogP contribution is 2.23. The van der Waals surface area contributed by atoms with Gasteiger partial charge in [0.1, 0.15) is 0 Å². The van der Waals surface area contributed by atoms with E-state index in [2.05, 4.69) is 9.71 Å². The molecule has 24 heavy (non-hydrogen) atoms.